The van der Waals surface area contributed by atoms with E-state index >= 15 is 0 Å². The van der Waals surface area contributed by atoms with E-state index in [1.165, 1.54) is 24.3 Å². The van der Waals surface area contributed by atoms with Crippen LogP contribution in [0.5, 0.6) is 0 Å². The average Bonchev–Trinajstić information content (AvgIpc) is 2.46. The van der Waals surface area contributed by atoms with Crippen molar-refractivity contribution in [2.45, 2.75) is 0 Å². The van der Waals surface area contributed by atoms with Crippen LogP contribution in [0.4, 0.5) is 8.78 Å². The molecule has 20 heavy (non-hydrogen) atoms. The molecule has 0 saturated carbocycles. The Morgan fingerprint density at radius 2 is 0.950 bits per heavy atom. The van der Waals surface area contributed by atoms with Gasteiger partial charge in [0.05, 0.1) is 0 Å². The molecule has 0 bridgehead atoms. The highest BCUT2D eigenvalue weighted by molar-refractivity contribution is 5.54. The van der Waals surface area contributed by atoms with Crippen molar-refractivity contribution in [2.75, 3.05) is 0 Å². The van der Waals surface area contributed by atoms with Gasteiger partial charge in [-0.05, 0) is 11.1 Å². The Hall–Kier alpha value is -2.48. The molecule has 0 radical (unpaired) electrons. The molecule has 104 valence electrons. The Morgan fingerprint density at radius 1 is 0.650 bits per heavy atom. The molecule has 0 heterocycles. The van der Waals surface area contributed by atoms with Gasteiger partial charge in [0.1, 0.15) is 0 Å². The molecule has 0 aromatic heterocycles. The molecular formula is C18H18F2. The first kappa shape index (κ1) is 17.5. The monoisotopic (exact) mass is 272 g/mol. The van der Waals surface area contributed by atoms with E-state index in [4.69, 9.17) is 0 Å². The quantitative estimate of drug-likeness (QED) is 0.486. The van der Waals surface area contributed by atoms with Crippen molar-refractivity contribution in [1.82, 2.24) is 0 Å². The molecule has 0 spiro atoms. The summed E-state index contributed by atoms with van der Waals surface area (Å²) in [6, 6.07) is 0. The van der Waals surface area contributed by atoms with E-state index in [-0.39, 0.29) is 22.3 Å². The van der Waals surface area contributed by atoms with Crippen LogP contribution in [-0.4, -0.2) is 0 Å². The summed E-state index contributed by atoms with van der Waals surface area (Å²) in [4.78, 5) is 0. The zero-order valence-corrected chi connectivity index (χ0v) is 11.5. The number of halogens is 2. The van der Waals surface area contributed by atoms with E-state index in [2.05, 4.69) is 39.5 Å². The third-order valence-electron chi connectivity index (χ3n) is 2.36. The second-order valence-electron chi connectivity index (χ2n) is 3.83. The SMILES string of the molecule is C=C/C=C\C(=C)C(=C)/C(F)=C(/F)C(=C)C(=C)/C=C\C=C. The molecule has 0 aromatic rings. The van der Waals surface area contributed by atoms with Crippen LogP contribution >= 0.6 is 0 Å². The maximum absolute atomic E-state index is 13.9. The highest BCUT2D eigenvalue weighted by Crippen LogP contribution is 2.29. The Labute approximate surface area is 119 Å². The lowest BCUT2D eigenvalue weighted by molar-refractivity contribution is 0.560. The molecule has 0 saturated heterocycles. The first-order valence-electron chi connectivity index (χ1n) is 5.77. The molecule has 2 heteroatoms. The van der Waals surface area contributed by atoms with Gasteiger partial charge < -0.3 is 0 Å². The Balaban J connectivity index is 5.25. The van der Waals surface area contributed by atoms with Gasteiger partial charge in [0, 0.05) is 11.1 Å². The normalized spacial score (nSPS) is 12.1. The minimum atomic E-state index is -1.11. The Morgan fingerprint density at radius 3 is 1.20 bits per heavy atom. The second-order valence-corrected chi connectivity index (χ2v) is 3.83. The lowest BCUT2D eigenvalue weighted by Gasteiger charge is -2.07. The fraction of sp³-hybridized carbons (Fsp3) is 0. The number of hydrogen-bond donors (Lipinski definition) is 0. The van der Waals surface area contributed by atoms with Crippen molar-refractivity contribution in [3.8, 4) is 0 Å². The summed E-state index contributed by atoms with van der Waals surface area (Å²) in [6.07, 6.45) is 9.07. The molecule has 0 fully saturated rings. The van der Waals surface area contributed by atoms with Gasteiger partial charge in [-0.3, -0.25) is 0 Å². The summed E-state index contributed by atoms with van der Waals surface area (Å²) >= 11 is 0. The smallest absolute Gasteiger partial charge is 0.166 e. The number of rotatable bonds is 8. The van der Waals surface area contributed by atoms with Crippen molar-refractivity contribution in [1.29, 1.82) is 0 Å². The maximum Gasteiger partial charge on any atom is 0.166 e. The average molecular weight is 272 g/mol. The van der Waals surface area contributed by atoms with Gasteiger partial charge in [0.25, 0.3) is 0 Å². The summed E-state index contributed by atoms with van der Waals surface area (Å²) in [5, 5.41) is 0. The van der Waals surface area contributed by atoms with E-state index in [1.54, 1.807) is 12.2 Å². The largest absolute Gasteiger partial charge is 0.203 e. The van der Waals surface area contributed by atoms with Crippen LogP contribution < -0.4 is 0 Å². The van der Waals surface area contributed by atoms with Gasteiger partial charge in [0.15, 0.2) is 11.7 Å². The lowest BCUT2D eigenvalue weighted by atomic mass is 10.0. The predicted molar refractivity (Wildman–Crippen MR) is 84.5 cm³/mol. The summed E-state index contributed by atoms with van der Waals surface area (Å²) in [5.41, 5.74) is 0.194. The molecule has 0 N–H and O–H groups in total. The van der Waals surface area contributed by atoms with Crippen molar-refractivity contribution >= 4 is 0 Å². The Bertz CT molecular complexity index is 502. The minimum Gasteiger partial charge on any atom is -0.203 e. The van der Waals surface area contributed by atoms with Crippen LogP contribution in [0, 0.1) is 0 Å². The summed E-state index contributed by atoms with van der Waals surface area (Å²) in [5.74, 6) is -2.22. The first-order valence-corrected chi connectivity index (χ1v) is 5.77. The van der Waals surface area contributed by atoms with Gasteiger partial charge in [-0.2, -0.15) is 0 Å². The molecular weight excluding hydrogens is 254 g/mol. The third kappa shape index (κ3) is 5.02. The third-order valence-corrected chi connectivity index (χ3v) is 2.36. The van der Waals surface area contributed by atoms with Gasteiger partial charge in [-0.1, -0.05) is 75.9 Å². The molecule has 0 rings (SSSR count). The topological polar surface area (TPSA) is 0 Å². The van der Waals surface area contributed by atoms with Gasteiger partial charge >= 0.3 is 0 Å². The molecule has 0 unspecified atom stereocenters. The van der Waals surface area contributed by atoms with Crippen LogP contribution in [0.25, 0.3) is 0 Å². The zero-order chi connectivity index (χ0) is 15.7. The van der Waals surface area contributed by atoms with E-state index < -0.39 is 11.7 Å². The lowest BCUT2D eigenvalue weighted by Crippen LogP contribution is -1.92. The Kier molecular flexibility index (Phi) is 7.53. The minimum absolute atomic E-state index is 0.151. The first-order chi connectivity index (χ1) is 9.36. The van der Waals surface area contributed by atoms with Crippen LogP contribution in [0.1, 0.15) is 0 Å². The van der Waals surface area contributed by atoms with Crippen molar-refractivity contribution in [3.05, 3.63) is 110 Å². The molecule has 0 atom stereocenters. The van der Waals surface area contributed by atoms with E-state index in [1.807, 2.05) is 0 Å². The summed E-state index contributed by atoms with van der Waals surface area (Å²) in [6.45, 7) is 21.1. The van der Waals surface area contributed by atoms with E-state index in [0.29, 0.717) is 0 Å². The van der Waals surface area contributed by atoms with Crippen molar-refractivity contribution < 1.29 is 8.78 Å². The number of allylic oxidation sites excluding steroid dienone is 12. The predicted octanol–water partition coefficient (Wildman–Crippen LogP) is 5.85. The van der Waals surface area contributed by atoms with Gasteiger partial charge in [-0.25, -0.2) is 8.78 Å². The van der Waals surface area contributed by atoms with Gasteiger partial charge in [0.2, 0.25) is 0 Å². The molecule has 0 nitrogen and oxygen atoms in total. The standard InChI is InChI=1S/C18H18F2/c1-7-9-11-13(3)15(5)17(19)18(20)16(6)14(4)12-10-8-2/h7-12H,1-6H2/b11-9-,12-10-,18-17-. The molecule has 0 amide bonds. The van der Waals surface area contributed by atoms with Crippen molar-refractivity contribution in [3.63, 3.8) is 0 Å². The fourth-order valence-corrected chi connectivity index (χ4v) is 1.12. The summed E-state index contributed by atoms with van der Waals surface area (Å²) in [7, 11) is 0. The van der Waals surface area contributed by atoms with Crippen LogP contribution in [0.2, 0.25) is 0 Å². The van der Waals surface area contributed by atoms with Crippen molar-refractivity contribution in [2.24, 2.45) is 0 Å². The molecule has 0 aliphatic heterocycles. The van der Waals surface area contributed by atoms with Gasteiger partial charge in [-0.15, -0.1) is 0 Å². The van der Waals surface area contributed by atoms with Crippen LogP contribution in [0.15, 0.2) is 110 Å². The molecule has 0 aliphatic carbocycles. The van der Waals surface area contributed by atoms with Crippen LogP contribution in [-0.2, 0) is 0 Å². The second kappa shape index (κ2) is 8.59. The summed E-state index contributed by atoms with van der Waals surface area (Å²) < 4.78 is 27.9. The maximum atomic E-state index is 13.9. The van der Waals surface area contributed by atoms with E-state index in [0.717, 1.165) is 0 Å². The highest BCUT2D eigenvalue weighted by Gasteiger charge is 2.15. The fourth-order valence-electron chi connectivity index (χ4n) is 1.12. The highest BCUT2D eigenvalue weighted by atomic mass is 19.2. The van der Waals surface area contributed by atoms with E-state index in [9.17, 15) is 8.78 Å². The zero-order valence-electron chi connectivity index (χ0n) is 11.5. The molecule has 0 aromatic carbocycles. The number of hydrogen-bond acceptors (Lipinski definition) is 0. The van der Waals surface area contributed by atoms with Crippen LogP contribution in [0.3, 0.4) is 0 Å². The molecule has 0 aliphatic rings.